The molecule has 1 saturated heterocycles. The summed E-state index contributed by atoms with van der Waals surface area (Å²) in [5, 5.41) is 0. The smallest absolute Gasteiger partial charge is 0.253 e. The summed E-state index contributed by atoms with van der Waals surface area (Å²) in [7, 11) is 0. The van der Waals surface area contributed by atoms with E-state index in [0.29, 0.717) is 30.3 Å². The average molecular weight is 505 g/mol. The van der Waals surface area contributed by atoms with E-state index in [9.17, 15) is 4.79 Å². The maximum Gasteiger partial charge on any atom is 0.253 e. The van der Waals surface area contributed by atoms with Crippen LogP contribution in [0.15, 0.2) is 79.1 Å². The number of hydrogen-bond donors (Lipinski definition) is 1. The zero-order chi connectivity index (χ0) is 26.1. The Morgan fingerprint density at radius 2 is 1.68 bits per heavy atom. The van der Waals surface area contributed by atoms with E-state index in [1.807, 2.05) is 77.1 Å². The highest BCUT2D eigenvalue weighted by atomic mass is 16.2. The van der Waals surface area contributed by atoms with Crippen molar-refractivity contribution in [2.75, 3.05) is 31.9 Å². The Labute approximate surface area is 220 Å². The van der Waals surface area contributed by atoms with Gasteiger partial charge in [-0.15, -0.1) is 0 Å². The van der Waals surface area contributed by atoms with Crippen LogP contribution in [0.1, 0.15) is 21.6 Å². The number of rotatable bonds is 5. The number of aromatic nitrogens is 5. The molecule has 190 valence electrons. The molecule has 4 aromatic heterocycles. The first kappa shape index (κ1) is 23.7. The van der Waals surface area contributed by atoms with Gasteiger partial charge in [0.1, 0.15) is 17.0 Å². The van der Waals surface area contributed by atoms with Gasteiger partial charge in [0.15, 0.2) is 11.5 Å². The number of imidazole rings is 1. The van der Waals surface area contributed by atoms with Crippen LogP contribution in [-0.2, 0) is 6.54 Å². The molecule has 0 bridgehead atoms. The van der Waals surface area contributed by atoms with Crippen molar-refractivity contribution >= 4 is 22.9 Å². The molecular formula is C29H28N8O. The largest absolute Gasteiger partial charge is 0.384 e. The van der Waals surface area contributed by atoms with E-state index in [1.165, 1.54) is 0 Å². The number of pyridine rings is 3. The number of aryl methyl sites for hydroxylation is 1. The topological polar surface area (TPSA) is 106 Å². The predicted molar refractivity (Wildman–Crippen MR) is 147 cm³/mol. The summed E-state index contributed by atoms with van der Waals surface area (Å²) in [5.74, 6) is 1.29. The predicted octanol–water partition coefficient (Wildman–Crippen LogP) is 3.73. The van der Waals surface area contributed by atoms with Crippen LogP contribution >= 0.6 is 0 Å². The molecule has 2 N–H and O–H groups in total. The number of anilines is 1. The first-order valence-corrected chi connectivity index (χ1v) is 12.7. The number of piperazine rings is 1. The SMILES string of the molecule is Cc1cc(CN2CCN(C(=O)c3ccc(-n4c(-c5ccccn5)nc5cccnc54)cc3)CC2)cc(N)n1. The van der Waals surface area contributed by atoms with Crippen molar-refractivity contribution in [1.82, 2.24) is 34.3 Å². The number of nitrogens with two attached hydrogens (primary N) is 1. The van der Waals surface area contributed by atoms with Crippen LogP contribution < -0.4 is 5.73 Å². The molecule has 1 amide bonds. The highest BCUT2D eigenvalue weighted by Crippen LogP contribution is 2.26. The van der Waals surface area contributed by atoms with Crippen LogP contribution in [0.4, 0.5) is 5.82 Å². The van der Waals surface area contributed by atoms with Gasteiger partial charge >= 0.3 is 0 Å². The first-order valence-electron chi connectivity index (χ1n) is 12.7. The average Bonchev–Trinajstić information content (AvgIpc) is 3.33. The van der Waals surface area contributed by atoms with Crippen LogP contribution in [0.25, 0.3) is 28.4 Å². The maximum atomic E-state index is 13.3. The minimum atomic E-state index is 0.0405. The molecule has 0 spiro atoms. The zero-order valence-electron chi connectivity index (χ0n) is 21.2. The monoisotopic (exact) mass is 504 g/mol. The molecule has 38 heavy (non-hydrogen) atoms. The van der Waals surface area contributed by atoms with E-state index in [0.717, 1.165) is 53.4 Å². The number of nitrogens with zero attached hydrogens (tertiary/aromatic N) is 7. The van der Waals surface area contributed by atoms with E-state index in [2.05, 4.69) is 25.9 Å². The van der Waals surface area contributed by atoms with Gasteiger partial charge in [-0.3, -0.25) is 19.2 Å². The van der Waals surface area contributed by atoms with Crippen molar-refractivity contribution < 1.29 is 4.79 Å². The third-order valence-corrected chi connectivity index (χ3v) is 6.78. The Hall–Kier alpha value is -4.63. The summed E-state index contributed by atoms with van der Waals surface area (Å²) in [5.41, 5.74) is 11.8. The lowest BCUT2D eigenvalue weighted by Gasteiger charge is -2.35. The van der Waals surface area contributed by atoms with Gasteiger partial charge in [-0.25, -0.2) is 15.0 Å². The standard InChI is InChI=1S/C29H28N8O/c1-20-17-21(18-26(30)33-20)19-35-13-15-36(16-14-35)29(38)22-7-9-23(10-8-22)37-27-25(6-4-12-32-27)34-28(37)24-5-2-3-11-31-24/h2-12,17-18H,13-16,19H2,1H3,(H2,30,33). The van der Waals surface area contributed by atoms with Crippen molar-refractivity contribution in [3.05, 3.63) is 95.9 Å². The molecule has 1 aliphatic heterocycles. The fourth-order valence-corrected chi connectivity index (χ4v) is 4.99. The van der Waals surface area contributed by atoms with Crippen molar-refractivity contribution in [1.29, 1.82) is 0 Å². The minimum Gasteiger partial charge on any atom is -0.384 e. The third kappa shape index (κ3) is 4.71. The quantitative estimate of drug-likeness (QED) is 0.389. The van der Waals surface area contributed by atoms with E-state index >= 15 is 0 Å². The summed E-state index contributed by atoms with van der Waals surface area (Å²) in [4.78, 5) is 35.6. The van der Waals surface area contributed by atoms with Crippen molar-refractivity contribution in [3.8, 4) is 17.2 Å². The molecule has 5 aromatic rings. The number of benzene rings is 1. The third-order valence-electron chi connectivity index (χ3n) is 6.78. The first-order chi connectivity index (χ1) is 18.5. The molecule has 9 heteroatoms. The molecule has 1 aliphatic rings. The second kappa shape index (κ2) is 10.0. The van der Waals surface area contributed by atoms with Crippen LogP contribution in [0.2, 0.25) is 0 Å². The number of fused-ring (bicyclic) bond motifs is 1. The number of hydrogen-bond acceptors (Lipinski definition) is 7. The van der Waals surface area contributed by atoms with Gasteiger partial charge in [-0.05, 0) is 73.2 Å². The number of carbonyl (C=O) groups is 1. The molecule has 1 fully saturated rings. The molecule has 9 nitrogen and oxygen atoms in total. The van der Waals surface area contributed by atoms with Crippen molar-refractivity contribution in [3.63, 3.8) is 0 Å². The van der Waals surface area contributed by atoms with Gasteiger partial charge < -0.3 is 10.6 Å². The highest BCUT2D eigenvalue weighted by Gasteiger charge is 2.23. The summed E-state index contributed by atoms with van der Waals surface area (Å²) in [6.45, 7) is 5.74. The molecule has 1 aromatic carbocycles. The molecule has 5 heterocycles. The fourth-order valence-electron chi connectivity index (χ4n) is 4.99. The number of nitrogen functional groups attached to an aromatic ring is 1. The fraction of sp³-hybridized carbons (Fsp3) is 0.207. The molecule has 0 saturated carbocycles. The van der Waals surface area contributed by atoms with E-state index in [-0.39, 0.29) is 5.91 Å². The van der Waals surface area contributed by atoms with Gasteiger partial charge in [0, 0.05) is 62.1 Å². The van der Waals surface area contributed by atoms with Crippen LogP contribution in [0.3, 0.4) is 0 Å². The Bertz CT molecular complexity index is 1570. The Morgan fingerprint density at radius 1 is 0.895 bits per heavy atom. The highest BCUT2D eigenvalue weighted by molar-refractivity contribution is 5.94. The number of carbonyl (C=O) groups excluding carboxylic acids is 1. The maximum absolute atomic E-state index is 13.3. The Balaban J connectivity index is 1.18. The molecule has 0 atom stereocenters. The van der Waals surface area contributed by atoms with Gasteiger partial charge in [-0.1, -0.05) is 6.07 Å². The minimum absolute atomic E-state index is 0.0405. The van der Waals surface area contributed by atoms with Crippen LogP contribution in [0, 0.1) is 6.92 Å². The molecule has 0 unspecified atom stereocenters. The van der Waals surface area contributed by atoms with E-state index in [4.69, 9.17) is 10.7 Å². The normalized spacial score (nSPS) is 14.2. The summed E-state index contributed by atoms with van der Waals surface area (Å²) in [6.07, 6.45) is 3.51. The molecule has 0 radical (unpaired) electrons. The van der Waals surface area contributed by atoms with Crippen LogP contribution in [0.5, 0.6) is 0 Å². The van der Waals surface area contributed by atoms with Gasteiger partial charge in [0.25, 0.3) is 5.91 Å². The Kier molecular flexibility index (Phi) is 6.27. The summed E-state index contributed by atoms with van der Waals surface area (Å²) >= 11 is 0. The molecular weight excluding hydrogens is 476 g/mol. The molecule has 6 rings (SSSR count). The second-order valence-electron chi connectivity index (χ2n) is 9.49. The lowest BCUT2D eigenvalue weighted by molar-refractivity contribution is 0.0628. The van der Waals surface area contributed by atoms with E-state index < -0.39 is 0 Å². The molecule has 0 aliphatic carbocycles. The lowest BCUT2D eigenvalue weighted by atomic mass is 10.1. The summed E-state index contributed by atoms with van der Waals surface area (Å²) < 4.78 is 1.98. The van der Waals surface area contributed by atoms with Crippen molar-refractivity contribution in [2.45, 2.75) is 13.5 Å². The van der Waals surface area contributed by atoms with Gasteiger partial charge in [-0.2, -0.15) is 0 Å². The second-order valence-corrected chi connectivity index (χ2v) is 9.49. The lowest BCUT2D eigenvalue weighted by Crippen LogP contribution is -2.48. The van der Waals surface area contributed by atoms with Gasteiger partial charge in [0.2, 0.25) is 0 Å². The Morgan fingerprint density at radius 3 is 2.42 bits per heavy atom. The van der Waals surface area contributed by atoms with Gasteiger partial charge in [0.05, 0.1) is 0 Å². The van der Waals surface area contributed by atoms with E-state index in [1.54, 1.807) is 12.4 Å². The summed E-state index contributed by atoms with van der Waals surface area (Å²) in [6, 6.07) is 21.2. The zero-order valence-corrected chi connectivity index (χ0v) is 21.2. The van der Waals surface area contributed by atoms with Crippen molar-refractivity contribution in [2.24, 2.45) is 0 Å². The van der Waals surface area contributed by atoms with Crippen LogP contribution in [-0.4, -0.2) is 66.4 Å². The number of amides is 1.